The van der Waals surface area contributed by atoms with E-state index in [1.165, 1.54) is 6.07 Å². The van der Waals surface area contributed by atoms with Crippen LogP contribution in [0.2, 0.25) is 0 Å². The van der Waals surface area contributed by atoms with Crippen molar-refractivity contribution in [3.63, 3.8) is 0 Å². The molecule has 2 aromatic carbocycles. The molecule has 3 rings (SSSR count). The van der Waals surface area contributed by atoms with Crippen LogP contribution in [0.3, 0.4) is 0 Å². The van der Waals surface area contributed by atoms with Gasteiger partial charge in [-0.25, -0.2) is 4.39 Å². The van der Waals surface area contributed by atoms with Crippen molar-refractivity contribution >= 4 is 11.6 Å². The maximum atomic E-state index is 13.8. The normalized spacial score (nSPS) is 14.7. The molecule has 0 radical (unpaired) electrons. The van der Waals surface area contributed by atoms with Crippen molar-refractivity contribution in [2.75, 3.05) is 38.2 Å². The van der Waals surface area contributed by atoms with Crippen LogP contribution in [0.4, 0.5) is 10.1 Å². The molecule has 0 aromatic heterocycles. The van der Waals surface area contributed by atoms with Crippen LogP contribution in [-0.4, -0.2) is 44.1 Å². The Bertz CT molecular complexity index is 680. The van der Waals surface area contributed by atoms with Gasteiger partial charge in [0.25, 0.3) is 5.91 Å². The highest BCUT2D eigenvalue weighted by Crippen LogP contribution is 2.21. The smallest absolute Gasteiger partial charge is 0.253 e. The fraction of sp³-hybridized carbons (Fsp3) is 0.278. The summed E-state index contributed by atoms with van der Waals surface area (Å²) in [6.07, 6.45) is 0. The van der Waals surface area contributed by atoms with Gasteiger partial charge in [-0.2, -0.15) is 0 Å². The minimum Gasteiger partial charge on any atom is -0.497 e. The lowest BCUT2D eigenvalue weighted by atomic mass is 10.1. The van der Waals surface area contributed by atoms with Crippen molar-refractivity contribution in [1.29, 1.82) is 0 Å². The van der Waals surface area contributed by atoms with Gasteiger partial charge in [-0.15, -0.1) is 0 Å². The van der Waals surface area contributed by atoms with Crippen molar-refractivity contribution < 1.29 is 13.9 Å². The number of rotatable bonds is 3. The maximum absolute atomic E-state index is 13.8. The molecule has 4 nitrogen and oxygen atoms in total. The molecule has 0 N–H and O–H groups in total. The number of halogens is 1. The van der Waals surface area contributed by atoms with Gasteiger partial charge in [-0.1, -0.05) is 12.1 Å². The molecule has 1 aliphatic rings. The van der Waals surface area contributed by atoms with Crippen molar-refractivity contribution in [1.82, 2.24) is 4.90 Å². The Balaban J connectivity index is 1.64. The molecule has 2 aromatic rings. The molecule has 0 spiro atoms. The second-order valence-corrected chi connectivity index (χ2v) is 5.46. The number of hydrogen-bond acceptors (Lipinski definition) is 3. The Kier molecular flexibility index (Phi) is 4.46. The summed E-state index contributed by atoms with van der Waals surface area (Å²) in [5.74, 6) is 0.509. The molecular formula is C18H19FN2O2. The number of benzene rings is 2. The van der Waals surface area contributed by atoms with E-state index in [1.54, 1.807) is 48.4 Å². The molecule has 120 valence electrons. The highest BCUT2D eigenvalue weighted by molar-refractivity contribution is 5.94. The third-order valence-corrected chi connectivity index (χ3v) is 4.10. The van der Waals surface area contributed by atoms with Gasteiger partial charge < -0.3 is 14.5 Å². The van der Waals surface area contributed by atoms with E-state index in [9.17, 15) is 9.18 Å². The van der Waals surface area contributed by atoms with Crippen molar-refractivity contribution in [2.45, 2.75) is 0 Å². The van der Waals surface area contributed by atoms with E-state index >= 15 is 0 Å². The van der Waals surface area contributed by atoms with E-state index < -0.39 is 0 Å². The van der Waals surface area contributed by atoms with Gasteiger partial charge in [0, 0.05) is 31.7 Å². The highest BCUT2D eigenvalue weighted by atomic mass is 19.1. The molecule has 23 heavy (non-hydrogen) atoms. The maximum Gasteiger partial charge on any atom is 0.253 e. The Morgan fingerprint density at radius 1 is 1.00 bits per heavy atom. The number of hydrogen-bond donors (Lipinski definition) is 0. The summed E-state index contributed by atoms with van der Waals surface area (Å²) < 4.78 is 18.9. The van der Waals surface area contributed by atoms with Gasteiger partial charge in [0.2, 0.25) is 0 Å². The summed E-state index contributed by atoms with van der Waals surface area (Å²) in [4.78, 5) is 16.3. The molecule has 0 unspecified atom stereocenters. The summed E-state index contributed by atoms with van der Waals surface area (Å²) in [5.41, 5.74) is 1.24. The Labute approximate surface area is 135 Å². The molecule has 1 amide bonds. The molecule has 1 fully saturated rings. The third-order valence-electron chi connectivity index (χ3n) is 4.10. The van der Waals surface area contributed by atoms with E-state index in [4.69, 9.17) is 4.74 Å². The second kappa shape index (κ2) is 6.69. The number of piperazine rings is 1. The minimum absolute atomic E-state index is 0.000775. The number of ether oxygens (including phenoxy) is 1. The molecule has 1 heterocycles. The summed E-state index contributed by atoms with van der Waals surface area (Å²) in [6, 6.07) is 13.8. The van der Waals surface area contributed by atoms with E-state index in [1.807, 2.05) is 11.0 Å². The highest BCUT2D eigenvalue weighted by Gasteiger charge is 2.23. The summed E-state index contributed by atoms with van der Waals surface area (Å²) >= 11 is 0. The van der Waals surface area contributed by atoms with Crippen LogP contribution in [-0.2, 0) is 0 Å². The van der Waals surface area contributed by atoms with Crippen molar-refractivity contribution in [2.24, 2.45) is 0 Å². The van der Waals surface area contributed by atoms with E-state index in [0.29, 0.717) is 37.4 Å². The number of carbonyl (C=O) groups is 1. The largest absolute Gasteiger partial charge is 0.497 e. The Morgan fingerprint density at radius 3 is 2.26 bits per heavy atom. The molecular weight excluding hydrogens is 295 g/mol. The predicted octanol–water partition coefficient (Wildman–Crippen LogP) is 2.80. The molecule has 0 aliphatic carbocycles. The van der Waals surface area contributed by atoms with Gasteiger partial charge in [0.05, 0.1) is 12.8 Å². The van der Waals surface area contributed by atoms with Crippen molar-refractivity contribution in [3.8, 4) is 5.75 Å². The summed E-state index contributed by atoms with van der Waals surface area (Å²) in [7, 11) is 1.60. The standard InChI is InChI=1S/C18H19FN2O2/c1-23-15-8-6-14(7-9-15)18(22)21-12-10-20(11-13-21)17-5-3-2-4-16(17)19/h2-9H,10-13H2,1H3. The first-order valence-corrected chi connectivity index (χ1v) is 7.62. The summed E-state index contributed by atoms with van der Waals surface area (Å²) in [5, 5.41) is 0. The fourth-order valence-corrected chi connectivity index (χ4v) is 2.77. The van der Waals surface area contributed by atoms with Gasteiger partial charge in [0.15, 0.2) is 0 Å². The molecule has 0 atom stereocenters. The van der Waals surface area contributed by atoms with Crippen LogP contribution in [0.5, 0.6) is 5.75 Å². The Morgan fingerprint density at radius 2 is 1.65 bits per heavy atom. The van der Waals surface area contributed by atoms with Gasteiger partial charge in [-0.05, 0) is 36.4 Å². The number of carbonyl (C=O) groups excluding carboxylic acids is 1. The van der Waals surface area contributed by atoms with Gasteiger partial charge >= 0.3 is 0 Å². The number of anilines is 1. The zero-order valence-electron chi connectivity index (χ0n) is 13.0. The lowest BCUT2D eigenvalue weighted by Crippen LogP contribution is -2.49. The number of amides is 1. The number of para-hydroxylation sites is 1. The Hall–Kier alpha value is -2.56. The van der Waals surface area contributed by atoms with Crippen LogP contribution in [0, 0.1) is 5.82 Å². The fourth-order valence-electron chi connectivity index (χ4n) is 2.77. The lowest BCUT2D eigenvalue weighted by Gasteiger charge is -2.36. The number of nitrogens with zero attached hydrogens (tertiary/aromatic N) is 2. The SMILES string of the molecule is COc1ccc(C(=O)N2CCN(c3ccccc3F)CC2)cc1. The quantitative estimate of drug-likeness (QED) is 0.873. The zero-order chi connectivity index (χ0) is 16.2. The molecule has 1 saturated heterocycles. The lowest BCUT2D eigenvalue weighted by molar-refractivity contribution is 0.0746. The zero-order valence-corrected chi connectivity index (χ0v) is 13.0. The van der Waals surface area contributed by atoms with Crippen LogP contribution >= 0.6 is 0 Å². The molecule has 0 saturated carbocycles. The average Bonchev–Trinajstić information content (AvgIpc) is 2.62. The third kappa shape index (κ3) is 3.28. The topological polar surface area (TPSA) is 32.8 Å². The molecule has 5 heteroatoms. The summed E-state index contributed by atoms with van der Waals surface area (Å²) in [6.45, 7) is 2.42. The van der Waals surface area contributed by atoms with Crippen LogP contribution in [0.1, 0.15) is 10.4 Å². The van der Waals surface area contributed by atoms with E-state index in [0.717, 1.165) is 5.75 Å². The van der Waals surface area contributed by atoms with Gasteiger partial charge in [-0.3, -0.25) is 4.79 Å². The molecule has 1 aliphatic heterocycles. The number of methoxy groups -OCH3 is 1. The molecule has 0 bridgehead atoms. The minimum atomic E-state index is -0.220. The van der Waals surface area contributed by atoms with Crippen molar-refractivity contribution in [3.05, 3.63) is 59.9 Å². The van der Waals surface area contributed by atoms with Gasteiger partial charge in [0.1, 0.15) is 11.6 Å². The van der Waals surface area contributed by atoms with E-state index in [-0.39, 0.29) is 11.7 Å². The van der Waals surface area contributed by atoms with Crippen LogP contribution < -0.4 is 9.64 Å². The second-order valence-electron chi connectivity index (χ2n) is 5.46. The first kappa shape index (κ1) is 15.3. The monoisotopic (exact) mass is 314 g/mol. The predicted molar refractivity (Wildman–Crippen MR) is 87.5 cm³/mol. The average molecular weight is 314 g/mol. The first-order chi connectivity index (χ1) is 11.2. The van der Waals surface area contributed by atoms with Crippen LogP contribution in [0.25, 0.3) is 0 Å². The first-order valence-electron chi connectivity index (χ1n) is 7.62. The van der Waals surface area contributed by atoms with E-state index in [2.05, 4.69) is 0 Å². The van der Waals surface area contributed by atoms with Crippen LogP contribution in [0.15, 0.2) is 48.5 Å².